The zero-order valence-corrected chi connectivity index (χ0v) is 11.9. The third-order valence-corrected chi connectivity index (χ3v) is 3.73. The standard InChI is InChI=1S/C13H22N4O2/c1-4-6-13(3)12(18)14-7-8-17(13)9-11-16-15-10(5-2)19-11/h4-9H2,1-3H3,(H,14,18)/t13-/m1/s1. The van der Waals surface area contributed by atoms with Crippen LogP contribution in [0.5, 0.6) is 0 Å². The van der Waals surface area contributed by atoms with E-state index < -0.39 is 5.54 Å². The van der Waals surface area contributed by atoms with Crippen molar-refractivity contribution >= 4 is 5.91 Å². The smallest absolute Gasteiger partial charge is 0.240 e. The third kappa shape index (κ3) is 2.78. The molecular weight excluding hydrogens is 244 g/mol. The average Bonchev–Trinajstić information content (AvgIpc) is 2.84. The predicted octanol–water partition coefficient (Wildman–Crippen LogP) is 1.12. The fraction of sp³-hybridized carbons (Fsp3) is 0.769. The van der Waals surface area contributed by atoms with Crippen LogP contribution in [0, 0.1) is 0 Å². The van der Waals surface area contributed by atoms with Crippen LogP contribution in [0.1, 0.15) is 45.4 Å². The zero-order valence-electron chi connectivity index (χ0n) is 11.9. The Labute approximate surface area is 113 Å². The van der Waals surface area contributed by atoms with E-state index in [9.17, 15) is 4.79 Å². The maximum Gasteiger partial charge on any atom is 0.240 e. The number of carbonyl (C=O) groups is 1. The molecule has 2 heterocycles. The minimum absolute atomic E-state index is 0.0934. The molecule has 106 valence electrons. The molecule has 0 radical (unpaired) electrons. The number of aromatic nitrogens is 2. The molecule has 1 aromatic heterocycles. The van der Waals surface area contributed by atoms with Crippen LogP contribution in [-0.4, -0.2) is 39.6 Å². The first kappa shape index (κ1) is 14.0. The van der Waals surface area contributed by atoms with Gasteiger partial charge in [-0.25, -0.2) is 0 Å². The number of amides is 1. The van der Waals surface area contributed by atoms with Crippen LogP contribution in [-0.2, 0) is 17.8 Å². The van der Waals surface area contributed by atoms with Gasteiger partial charge >= 0.3 is 0 Å². The molecule has 0 aromatic carbocycles. The summed E-state index contributed by atoms with van der Waals surface area (Å²) in [5.41, 5.74) is -0.478. The maximum atomic E-state index is 12.1. The first-order chi connectivity index (χ1) is 9.10. The van der Waals surface area contributed by atoms with Crippen molar-refractivity contribution in [3.8, 4) is 0 Å². The fourth-order valence-corrected chi connectivity index (χ4v) is 2.56. The second kappa shape index (κ2) is 5.69. The first-order valence-corrected chi connectivity index (χ1v) is 6.94. The van der Waals surface area contributed by atoms with Gasteiger partial charge in [0.05, 0.1) is 12.1 Å². The molecule has 1 fully saturated rings. The van der Waals surface area contributed by atoms with Crippen molar-refractivity contribution in [3.63, 3.8) is 0 Å². The lowest BCUT2D eigenvalue weighted by molar-refractivity contribution is -0.137. The Bertz CT molecular complexity index is 446. The van der Waals surface area contributed by atoms with Gasteiger partial charge in [0.2, 0.25) is 17.7 Å². The lowest BCUT2D eigenvalue weighted by atomic mass is 9.90. The van der Waals surface area contributed by atoms with E-state index in [1.165, 1.54) is 0 Å². The van der Waals surface area contributed by atoms with Gasteiger partial charge in [-0.2, -0.15) is 0 Å². The van der Waals surface area contributed by atoms with Gasteiger partial charge in [-0.3, -0.25) is 9.69 Å². The highest BCUT2D eigenvalue weighted by Gasteiger charge is 2.41. The highest BCUT2D eigenvalue weighted by Crippen LogP contribution is 2.25. The number of nitrogens with zero attached hydrogens (tertiary/aromatic N) is 3. The van der Waals surface area contributed by atoms with Gasteiger partial charge in [-0.15, -0.1) is 10.2 Å². The second-order valence-electron chi connectivity index (χ2n) is 5.14. The van der Waals surface area contributed by atoms with Crippen molar-refractivity contribution in [1.82, 2.24) is 20.4 Å². The summed E-state index contributed by atoms with van der Waals surface area (Å²) < 4.78 is 5.55. The molecule has 1 aliphatic rings. The molecule has 1 aromatic rings. The summed E-state index contributed by atoms with van der Waals surface area (Å²) in [4.78, 5) is 14.3. The van der Waals surface area contributed by atoms with E-state index in [0.717, 1.165) is 25.8 Å². The Kier molecular flexibility index (Phi) is 4.19. The molecule has 1 N–H and O–H groups in total. The highest BCUT2D eigenvalue weighted by atomic mass is 16.4. The summed E-state index contributed by atoms with van der Waals surface area (Å²) in [6.07, 6.45) is 2.53. The maximum absolute atomic E-state index is 12.1. The van der Waals surface area contributed by atoms with Crippen molar-refractivity contribution < 1.29 is 9.21 Å². The number of piperazine rings is 1. The summed E-state index contributed by atoms with van der Waals surface area (Å²) in [5.74, 6) is 1.33. The fourth-order valence-electron chi connectivity index (χ4n) is 2.56. The van der Waals surface area contributed by atoms with Crippen molar-refractivity contribution in [2.45, 2.75) is 52.1 Å². The van der Waals surface area contributed by atoms with Crippen molar-refractivity contribution in [2.75, 3.05) is 13.1 Å². The number of nitrogens with one attached hydrogen (secondary N) is 1. The van der Waals surface area contributed by atoms with Crippen LogP contribution in [0.3, 0.4) is 0 Å². The van der Waals surface area contributed by atoms with E-state index in [4.69, 9.17) is 4.42 Å². The Hall–Kier alpha value is -1.43. The van der Waals surface area contributed by atoms with Crippen LogP contribution in [0.4, 0.5) is 0 Å². The summed E-state index contributed by atoms with van der Waals surface area (Å²) in [7, 11) is 0. The topological polar surface area (TPSA) is 71.3 Å². The van der Waals surface area contributed by atoms with Crippen LogP contribution in [0.2, 0.25) is 0 Å². The SMILES string of the molecule is CCC[C@]1(C)C(=O)NCCN1Cc1nnc(CC)o1. The van der Waals surface area contributed by atoms with Gasteiger partial charge in [0.25, 0.3) is 0 Å². The zero-order chi connectivity index (χ0) is 13.9. The van der Waals surface area contributed by atoms with Gasteiger partial charge in [0, 0.05) is 19.5 Å². The van der Waals surface area contributed by atoms with E-state index in [2.05, 4.69) is 27.3 Å². The Morgan fingerprint density at radius 3 is 2.74 bits per heavy atom. The Balaban J connectivity index is 2.13. The number of hydrogen-bond acceptors (Lipinski definition) is 5. The van der Waals surface area contributed by atoms with Gasteiger partial charge in [-0.05, 0) is 13.3 Å². The molecule has 0 aliphatic carbocycles. The van der Waals surface area contributed by atoms with E-state index >= 15 is 0 Å². The number of carbonyl (C=O) groups excluding carboxylic acids is 1. The summed E-state index contributed by atoms with van der Waals surface area (Å²) in [6, 6.07) is 0. The molecule has 1 atom stereocenters. The number of rotatable bonds is 5. The lowest BCUT2D eigenvalue weighted by Crippen LogP contribution is -2.62. The number of hydrogen-bond donors (Lipinski definition) is 1. The molecule has 19 heavy (non-hydrogen) atoms. The minimum atomic E-state index is -0.478. The first-order valence-electron chi connectivity index (χ1n) is 6.94. The molecule has 2 rings (SSSR count). The van der Waals surface area contributed by atoms with Gasteiger partial charge in [0.1, 0.15) is 0 Å². The van der Waals surface area contributed by atoms with Gasteiger partial charge < -0.3 is 9.73 Å². The van der Waals surface area contributed by atoms with Crippen LogP contribution in [0.15, 0.2) is 4.42 Å². The van der Waals surface area contributed by atoms with Crippen molar-refractivity contribution in [2.24, 2.45) is 0 Å². The molecular formula is C13H22N4O2. The molecule has 0 spiro atoms. The predicted molar refractivity (Wildman–Crippen MR) is 70.4 cm³/mol. The average molecular weight is 266 g/mol. The lowest BCUT2D eigenvalue weighted by Gasteiger charge is -2.42. The molecule has 1 amide bonds. The quantitative estimate of drug-likeness (QED) is 0.864. The molecule has 6 heteroatoms. The minimum Gasteiger partial charge on any atom is -0.424 e. The van der Waals surface area contributed by atoms with E-state index in [-0.39, 0.29) is 5.91 Å². The molecule has 1 saturated heterocycles. The monoisotopic (exact) mass is 266 g/mol. The van der Waals surface area contributed by atoms with Crippen LogP contribution < -0.4 is 5.32 Å². The molecule has 6 nitrogen and oxygen atoms in total. The van der Waals surface area contributed by atoms with Crippen LogP contribution in [0.25, 0.3) is 0 Å². The Morgan fingerprint density at radius 1 is 1.37 bits per heavy atom. The van der Waals surface area contributed by atoms with Crippen molar-refractivity contribution in [1.29, 1.82) is 0 Å². The second-order valence-corrected chi connectivity index (χ2v) is 5.14. The summed E-state index contributed by atoms with van der Waals surface area (Å²) >= 11 is 0. The number of aryl methyl sites for hydroxylation is 1. The normalized spacial score (nSPS) is 24.5. The van der Waals surface area contributed by atoms with Gasteiger partial charge in [0.15, 0.2) is 0 Å². The highest BCUT2D eigenvalue weighted by molar-refractivity contribution is 5.86. The molecule has 0 bridgehead atoms. The van der Waals surface area contributed by atoms with Crippen LogP contribution >= 0.6 is 0 Å². The van der Waals surface area contributed by atoms with E-state index in [1.54, 1.807) is 0 Å². The summed E-state index contributed by atoms with van der Waals surface area (Å²) in [5, 5.41) is 11.0. The molecule has 0 unspecified atom stereocenters. The van der Waals surface area contributed by atoms with Crippen molar-refractivity contribution in [3.05, 3.63) is 11.8 Å². The summed E-state index contributed by atoms with van der Waals surface area (Å²) in [6.45, 7) is 8.08. The van der Waals surface area contributed by atoms with E-state index in [1.807, 2.05) is 13.8 Å². The van der Waals surface area contributed by atoms with Gasteiger partial charge in [-0.1, -0.05) is 20.3 Å². The largest absolute Gasteiger partial charge is 0.424 e. The van der Waals surface area contributed by atoms with E-state index in [0.29, 0.717) is 24.9 Å². The molecule has 1 aliphatic heterocycles. The Morgan fingerprint density at radius 2 is 2.11 bits per heavy atom. The molecule has 0 saturated carbocycles. The third-order valence-electron chi connectivity index (χ3n) is 3.73.